The van der Waals surface area contributed by atoms with Gasteiger partial charge in [-0.1, -0.05) is 49.4 Å². The Labute approximate surface area is 222 Å². The lowest BCUT2D eigenvalue weighted by Crippen LogP contribution is -2.37. The number of hydrogen-bond donors (Lipinski definition) is 1. The molecule has 38 heavy (non-hydrogen) atoms. The molecule has 192 valence electrons. The van der Waals surface area contributed by atoms with Gasteiger partial charge in [-0.25, -0.2) is 9.78 Å². The molecule has 1 aliphatic heterocycles. The second-order valence-corrected chi connectivity index (χ2v) is 9.30. The van der Waals surface area contributed by atoms with Gasteiger partial charge >= 0.3 is 5.97 Å². The van der Waals surface area contributed by atoms with E-state index >= 15 is 0 Å². The fourth-order valence-electron chi connectivity index (χ4n) is 4.83. The highest BCUT2D eigenvalue weighted by atomic mass is 16.5. The van der Waals surface area contributed by atoms with Crippen molar-refractivity contribution in [1.82, 2.24) is 4.98 Å². The van der Waals surface area contributed by atoms with Crippen LogP contribution in [0.2, 0.25) is 0 Å². The van der Waals surface area contributed by atoms with E-state index in [2.05, 4.69) is 17.9 Å². The van der Waals surface area contributed by atoms with Crippen LogP contribution >= 0.6 is 0 Å². The van der Waals surface area contributed by atoms with Crippen molar-refractivity contribution in [3.63, 3.8) is 0 Å². The van der Waals surface area contributed by atoms with Gasteiger partial charge in [0.05, 0.1) is 11.8 Å². The van der Waals surface area contributed by atoms with Gasteiger partial charge in [0.2, 0.25) is 0 Å². The number of hydrogen-bond acceptors (Lipinski definition) is 5. The Kier molecular flexibility index (Phi) is 7.13. The van der Waals surface area contributed by atoms with Crippen molar-refractivity contribution in [2.24, 2.45) is 0 Å². The molecule has 6 nitrogen and oxygen atoms in total. The summed E-state index contributed by atoms with van der Waals surface area (Å²) in [7, 11) is 0. The molecule has 0 radical (unpaired) electrons. The molecule has 0 saturated carbocycles. The summed E-state index contributed by atoms with van der Waals surface area (Å²) in [6.45, 7) is 6.64. The first kappa shape index (κ1) is 25.1. The molecule has 0 fully saturated rings. The number of furan rings is 1. The molecule has 2 aromatic heterocycles. The molecule has 2 aromatic carbocycles. The van der Waals surface area contributed by atoms with Crippen LogP contribution in [0.25, 0.3) is 23.1 Å². The summed E-state index contributed by atoms with van der Waals surface area (Å²) in [5, 5.41) is 10.1. The van der Waals surface area contributed by atoms with E-state index in [1.807, 2.05) is 74.5 Å². The van der Waals surface area contributed by atoms with Crippen LogP contribution in [0.15, 0.2) is 89.6 Å². The number of allylic oxidation sites excluding steroid dienone is 2. The standard InChI is InChI=1S/C32H30N2O4/c1-4-7-22-9-13-25(14-10-22)38-26-15-11-23(12-16-26)20-34-24(5-2)18-21(3)30-27(32(35)36)19-28(33-31(30)34)29-8-6-17-37-29/h4,6-19,24H,5,20H2,1-3H3,(H,35,36). The van der Waals surface area contributed by atoms with Crippen LogP contribution in [-0.4, -0.2) is 22.1 Å². The molecular formula is C32H30N2O4. The van der Waals surface area contributed by atoms with Gasteiger partial charge in [-0.05, 0) is 79.4 Å². The van der Waals surface area contributed by atoms with Crippen LogP contribution in [0.3, 0.4) is 0 Å². The number of carboxylic acids is 1. The molecule has 1 N–H and O–H groups in total. The highest BCUT2D eigenvalue weighted by Crippen LogP contribution is 2.39. The van der Waals surface area contributed by atoms with E-state index in [1.54, 1.807) is 24.5 Å². The van der Waals surface area contributed by atoms with Crippen molar-refractivity contribution in [2.45, 2.75) is 39.8 Å². The fraction of sp³-hybridized carbons (Fsp3) is 0.188. The van der Waals surface area contributed by atoms with Gasteiger partial charge in [0.25, 0.3) is 0 Å². The second-order valence-electron chi connectivity index (χ2n) is 9.30. The van der Waals surface area contributed by atoms with Gasteiger partial charge in [0, 0.05) is 18.2 Å². The average Bonchev–Trinajstić information content (AvgIpc) is 3.47. The van der Waals surface area contributed by atoms with Crippen LogP contribution in [0.4, 0.5) is 5.82 Å². The van der Waals surface area contributed by atoms with Gasteiger partial charge in [-0.3, -0.25) is 0 Å². The molecule has 0 saturated heterocycles. The molecule has 3 heterocycles. The van der Waals surface area contributed by atoms with Crippen molar-refractivity contribution in [3.8, 4) is 23.0 Å². The van der Waals surface area contributed by atoms with Crippen molar-refractivity contribution in [1.29, 1.82) is 0 Å². The maximum absolute atomic E-state index is 12.3. The van der Waals surface area contributed by atoms with Crippen molar-refractivity contribution in [2.75, 3.05) is 4.90 Å². The fourth-order valence-corrected chi connectivity index (χ4v) is 4.83. The number of ether oxygens (including phenoxy) is 1. The lowest BCUT2D eigenvalue weighted by atomic mass is 9.92. The monoisotopic (exact) mass is 506 g/mol. The number of benzene rings is 2. The summed E-state index contributed by atoms with van der Waals surface area (Å²) in [4.78, 5) is 19.4. The molecular weight excluding hydrogens is 476 g/mol. The largest absolute Gasteiger partial charge is 0.478 e. The Morgan fingerprint density at radius 2 is 1.82 bits per heavy atom. The predicted octanol–water partition coefficient (Wildman–Crippen LogP) is 8.07. The first-order valence-corrected chi connectivity index (χ1v) is 12.7. The average molecular weight is 507 g/mol. The van der Waals surface area contributed by atoms with Crippen molar-refractivity contribution >= 4 is 23.4 Å². The molecule has 6 heteroatoms. The number of rotatable bonds is 8. The van der Waals surface area contributed by atoms with Crippen molar-refractivity contribution < 1.29 is 19.1 Å². The van der Waals surface area contributed by atoms with Crippen LogP contribution in [0.5, 0.6) is 11.5 Å². The summed E-state index contributed by atoms with van der Waals surface area (Å²) in [5.41, 5.74) is 4.49. The van der Waals surface area contributed by atoms with Crippen LogP contribution in [0.1, 0.15) is 54.2 Å². The van der Waals surface area contributed by atoms with Crippen LogP contribution in [0, 0.1) is 0 Å². The smallest absolute Gasteiger partial charge is 0.336 e. The molecule has 1 unspecified atom stereocenters. The zero-order valence-electron chi connectivity index (χ0n) is 21.7. The van der Waals surface area contributed by atoms with E-state index in [0.29, 0.717) is 29.4 Å². The van der Waals surface area contributed by atoms with Gasteiger partial charge in [0.15, 0.2) is 5.76 Å². The Morgan fingerprint density at radius 1 is 1.11 bits per heavy atom. The van der Waals surface area contributed by atoms with Gasteiger partial charge in [-0.2, -0.15) is 0 Å². The third-order valence-electron chi connectivity index (χ3n) is 6.68. The zero-order chi connectivity index (χ0) is 26.6. The minimum absolute atomic E-state index is 0.0788. The van der Waals surface area contributed by atoms with E-state index in [4.69, 9.17) is 14.1 Å². The lowest BCUT2D eigenvalue weighted by Gasteiger charge is -2.36. The Hall–Kier alpha value is -4.58. The quantitative estimate of drug-likeness (QED) is 0.260. The number of aromatic nitrogens is 1. The SMILES string of the molecule is CC=Cc1ccc(Oc2ccc(CN3c4nc(-c5ccco5)cc(C(=O)O)c4C(C)=CC3CC)cc2)cc1. The molecule has 4 aromatic rings. The Morgan fingerprint density at radius 3 is 2.42 bits per heavy atom. The molecule has 0 spiro atoms. The normalized spacial score (nSPS) is 14.9. The molecule has 0 aliphatic carbocycles. The van der Waals surface area contributed by atoms with E-state index < -0.39 is 5.97 Å². The van der Waals surface area contributed by atoms with Crippen molar-refractivity contribution in [3.05, 3.63) is 107 Å². The van der Waals surface area contributed by atoms with E-state index in [-0.39, 0.29) is 11.6 Å². The van der Waals surface area contributed by atoms with Crippen LogP contribution < -0.4 is 9.64 Å². The number of carboxylic acid groups (broad SMARTS) is 1. The summed E-state index contributed by atoms with van der Waals surface area (Å²) in [6.07, 6.45) is 8.61. The van der Waals surface area contributed by atoms with Crippen LogP contribution in [-0.2, 0) is 6.54 Å². The van der Waals surface area contributed by atoms with E-state index in [9.17, 15) is 9.90 Å². The summed E-state index contributed by atoms with van der Waals surface area (Å²) in [5.74, 6) is 1.74. The number of carbonyl (C=O) groups is 1. The Bertz CT molecular complexity index is 1480. The molecule has 0 amide bonds. The highest BCUT2D eigenvalue weighted by Gasteiger charge is 2.30. The maximum atomic E-state index is 12.3. The first-order chi connectivity index (χ1) is 18.5. The summed E-state index contributed by atoms with van der Waals surface area (Å²) < 4.78 is 11.6. The molecule has 0 bridgehead atoms. The molecule has 1 atom stereocenters. The minimum atomic E-state index is -0.987. The third-order valence-corrected chi connectivity index (χ3v) is 6.68. The summed E-state index contributed by atoms with van der Waals surface area (Å²) >= 11 is 0. The lowest BCUT2D eigenvalue weighted by molar-refractivity contribution is 0.0696. The predicted molar refractivity (Wildman–Crippen MR) is 150 cm³/mol. The minimum Gasteiger partial charge on any atom is -0.478 e. The number of pyridine rings is 1. The topological polar surface area (TPSA) is 75.8 Å². The summed E-state index contributed by atoms with van der Waals surface area (Å²) in [6, 6.07) is 21.2. The second kappa shape index (κ2) is 10.8. The molecule has 1 aliphatic rings. The number of fused-ring (bicyclic) bond motifs is 1. The third kappa shape index (κ3) is 5.11. The highest BCUT2D eigenvalue weighted by molar-refractivity contribution is 5.99. The van der Waals surface area contributed by atoms with Gasteiger partial charge in [-0.15, -0.1) is 0 Å². The van der Waals surface area contributed by atoms with E-state index in [0.717, 1.165) is 34.6 Å². The Balaban J connectivity index is 1.45. The maximum Gasteiger partial charge on any atom is 0.336 e. The van der Waals surface area contributed by atoms with Gasteiger partial charge in [0.1, 0.15) is 23.0 Å². The zero-order valence-corrected chi connectivity index (χ0v) is 21.7. The number of aromatic carboxylic acids is 1. The number of nitrogens with zero attached hydrogens (tertiary/aromatic N) is 2. The van der Waals surface area contributed by atoms with Gasteiger partial charge < -0.3 is 19.2 Å². The van der Waals surface area contributed by atoms with E-state index in [1.165, 1.54) is 0 Å². The number of anilines is 1. The first-order valence-electron chi connectivity index (χ1n) is 12.7. The molecule has 5 rings (SSSR count).